The summed E-state index contributed by atoms with van der Waals surface area (Å²) in [6, 6.07) is 7.85. The van der Waals surface area contributed by atoms with Crippen LogP contribution >= 0.6 is 10.7 Å². The lowest BCUT2D eigenvalue weighted by Gasteiger charge is -2.23. The first-order valence-corrected chi connectivity index (χ1v) is 8.72. The molecule has 0 atom stereocenters. The Morgan fingerprint density at radius 3 is 2.16 bits per heavy atom. The first-order chi connectivity index (χ1) is 8.59. The molecule has 0 aliphatic carbocycles. The fraction of sp³-hybridized carbons (Fsp3) is 0.571. The van der Waals surface area contributed by atoms with Crippen LogP contribution in [0.4, 0.5) is 0 Å². The van der Waals surface area contributed by atoms with Crippen LogP contribution in [0.25, 0.3) is 0 Å². The molecule has 0 unspecified atom stereocenters. The minimum atomic E-state index is -3.51. The molecule has 0 N–H and O–H groups in total. The summed E-state index contributed by atoms with van der Waals surface area (Å²) in [5.41, 5.74) is 0.729. The Morgan fingerprint density at radius 2 is 1.74 bits per heavy atom. The Hall–Kier alpha value is -0.740. The van der Waals surface area contributed by atoms with Crippen LogP contribution in [0.5, 0.6) is 5.75 Å². The minimum Gasteiger partial charge on any atom is -0.493 e. The lowest BCUT2D eigenvalue weighted by molar-refractivity contribution is 0.200. The largest absolute Gasteiger partial charge is 0.493 e. The molecule has 0 saturated heterocycles. The van der Waals surface area contributed by atoms with E-state index < -0.39 is 14.5 Å². The maximum atomic E-state index is 11.1. The van der Waals surface area contributed by atoms with Crippen molar-refractivity contribution in [2.45, 2.75) is 33.6 Å². The van der Waals surface area contributed by atoms with Gasteiger partial charge in [0.15, 0.2) is 0 Å². The molecule has 0 fully saturated rings. The molecule has 0 bridgehead atoms. The molecule has 0 aliphatic heterocycles. The molecule has 108 valence electrons. The molecule has 5 heteroatoms. The molecule has 1 aromatic carbocycles. The number of ether oxygens (including phenoxy) is 1. The summed E-state index contributed by atoms with van der Waals surface area (Å²) < 4.78 is 27.8. The highest BCUT2D eigenvalue weighted by Crippen LogP contribution is 2.23. The van der Waals surface area contributed by atoms with E-state index in [0.717, 1.165) is 5.75 Å². The highest BCUT2D eigenvalue weighted by Gasteiger charge is 2.25. The summed E-state index contributed by atoms with van der Waals surface area (Å²) in [5.74, 6) is 1.11. The van der Waals surface area contributed by atoms with Gasteiger partial charge in [-0.15, -0.1) is 0 Å². The van der Waals surface area contributed by atoms with E-state index in [4.69, 9.17) is 15.4 Å². The van der Waals surface area contributed by atoms with Gasteiger partial charge in [0.1, 0.15) is 5.75 Å². The first-order valence-electron chi connectivity index (χ1n) is 6.24. The molecule has 0 saturated carbocycles. The van der Waals surface area contributed by atoms with Gasteiger partial charge in [-0.25, -0.2) is 8.42 Å². The molecule has 0 aliphatic rings. The van der Waals surface area contributed by atoms with Gasteiger partial charge in [-0.1, -0.05) is 39.8 Å². The van der Waals surface area contributed by atoms with Crippen molar-refractivity contribution < 1.29 is 13.2 Å². The Labute approximate surface area is 120 Å². The monoisotopic (exact) mass is 304 g/mol. The molecule has 19 heavy (non-hydrogen) atoms. The number of rotatable bonds is 6. The summed E-state index contributed by atoms with van der Waals surface area (Å²) in [6.07, 6.45) is 0. The lowest BCUT2D eigenvalue weighted by Crippen LogP contribution is -2.28. The van der Waals surface area contributed by atoms with Crippen LogP contribution in [-0.2, 0) is 9.05 Å². The van der Waals surface area contributed by atoms with Crippen LogP contribution < -0.4 is 4.74 Å². The van der Waals surface area contributed by atoms with Gasteiger partial charge in [0.25, 0.3) is 0 Å². The summed E-state index contributed by atoms with van der Waals surface area (Å²) >= 11 is 0. The van der Waals surface area contributed by atoms with E-state index in [1.807, 2.05) is 38.1 Å². The Kier molecular flexibility index (Phi) is 5.27. The zero-order valence-corrected chi connectivity index (χ0v) is 13.4. The maximum absolute atomic E-state index is 11.1. The van der Waals surface area contributed by atoms with Crippen molar-refractivity contribution in [1.29, 1.82) is 0 Å². The summed E-state index contributed by atoms with van der Waals surface area (Å²) in [6.45, 7) is 8.19. The molecule has 0 spiro atoms. The van der Waals surface area contributed by atoms with Gasteiger partial charge in [-0.3, -0.25) is 0 Å². The van der Waals surface area contributed by atoms with Gasteiger partial charge in [0, 0.05) is 16.1 Å². The third-order valence-corrected chi connectivity index (χ3v) is 4.19. The Morgan fingerprint density at radius 1 is 1.21 bits per heavy atom. The SMILES string of the molecule is CC(C)c1ccc(OCC(C)(C)CS(=O)(=O)Cl)cc1. The minimum absolute atomic E-state index is 0.106. The molecule has 3 nitrogen and oxygen atoms in total. The molecule has 1 rings (SSSR count). The van der Waals surface area contributed by atoms with Crippen LogP contribution in [0, 0.1) is 5.41 Å². The molecular weight excluding hydrogens is 284 g/mol. The van der Waals surface area contributed by atoms with Crippen molar-refractivity contribution in [3.05, 3.63) is 29.8 Å². The number of benzene rings is 1. The van der Waals surface area contributed by atoms with E-state index in [-0.39, 0.29) is 5.75 Å². The predicted octanol–water partition coefficient (Wildman–Crippen LogP) is 3.78. The van der Waals surface area contributed by atoms with Crippen LogP contribution in [0.15, 0.2) is 24.3 Å². The Balaban J connectivity index is 2.61. The highest BCUT2D eigenvalue weighted by molar-refractivity contribution is 8.13. The molecule has 0 radical (unpaired) electrons. The van der Waals surface area contributed by atoms with E-state index in [9.17, 15) is 8.42 Å². The number of hydrogen-bond acceptors (Lipinski definition) is 3. The van der Waals surface area contributed by atoms with Crippen LogP contribution in [0.3, 0.4) is 0 Å². The molecular formula is C14H21ClO3S. The first kappa shape index (κ1) is 16.3. The van der Waals surface area contributed by atoms with E-state index in [2.05, 4.69) is 13.8 Å². The van der Waals surface area contributed by atoms with Gasteiger partial charge >= 0.3 is 0 Å². The maximum Gasteiger partial charge on any atom is 0.233 e. The second-order valence-corrected chi connectivity index (χ2v) is 8.64. The standard InChI is InChI=1S/C14H21ClO3S/c1-11(2)12-5-7-13(8-6-12)18-9-14(3,4)10-19(15,16)17/h5-8,11H,9-10H2,1-4H3. The second-order valence-electron chi connectivity index (χ2n) is 5.86. The third-order valence-electron chi connectivity index (χ3n) is 2.74. The van der Waals surface area contributed by atoms with Crippen molar-refractivity contribution in [2.24, 2.45) is 5.41 Å². The van der Waals surface area contributed by atoms with Gasteiger partial charge in [-0.05, 0) is 23.6 Å². The fourth-order valence-corrected chi connectivity index (χ4v) is 3.64. The normalized spacial score (nSPS) is 12.7. The van der Waals surface area contributed by atoms with E-state index in [0.29, 0.717) is 12.5 Å². The average Bonchev–Trinajstić information content (AvgIpc) is 2.24. The van der Waals surface area contributed by atoms with Crippen molar-refractivity contribution in [3.8, 4) is 5.75 Å². The van der Waals surface area contributed by atoms with Gasteiger partial charge < -0.3 is 4.74 Å². The van der Waals surface area contributed by atoms with Crippen LogP contribution in [0.2, 0.25) is 0 Å². The lowest BCUT2D eigenvalue weighted by atomic mass is 9.98. The predicted molar refractivity (Wildman–Crippen MR) is 79.4 cm³/mol. The van der Waals surface area contributed by atoms with Crippen LogP contribution in [0.1, 0.15) is 39.2 Å². The van der Waals surface area contributed by atoms with Crippen molar-refractivity contribution in [2.75, 3.05) is 12.4 Å². The summed E-state index contributed by atoms with van der Waals surface area (Å²) in [7, 11) is 1.76. The molecule has 0 aromatic heterocycles. The van der Waals surface area contributed by atoms with Crippen LogP contribution in [-0.4, -0.2) is 20.8 Å². The van der Waals surface area contributed by atoms with Crippen molar-refractivity contribution in [1.82, 2.24) is 0 Å². The van der Waals surface area contributed by atoms with E-state index >= 15 is 0 Å². The van der Waals surface area contributed by atoms with Gasteiger partial charge in [0.05, 0.1) is 12.4 Å². The third kappa shape index (κ3) is 6.30. The quantitative estimate of drug-likeness (QED) is 0.751. The van der Waals surface area contributed by atoms with E-state index in [1.54, 1.807) is 0 Å². The topological polar surface area (TPSA) is 43.4 Å². The molecule has 1 aromatic rings. The van der Waals surface area contributed by atoms with Gasteiger partial charge in [-0.2, -0.15) is 0 Å². The second kappa shape index (κ2) is 6.14. The zero-order chi connectivity index (χ0) is 14.7. The fourth-order valence-electron chi connectivity index (χ4n) is 1.74. The van der Waals surface area contributed by atoms with Gasteiger partial charge in [0.2, 0.25) is 9.05 Å². The van der Waals surface area contributed by atoms with Crippen molar-refractivity contribution in [3.63, 3.8) is 0 Å². The number of hydrogen-bond donors (Lipinski definition) is 0. The molecule has 0 heterocycles. The van der Waals surface area contributed by atoms with E-state index in [1.165, 1.54) is 5.56 Å². The smallest absolute Gasteiger partial charge is 0.233 e. The highest BCUT2D eigenvalue weighted by atomic mass is 35.7. The number of halogens is 1. The summed E-state index contributed by atoms with van der Waals surface area (Å²) in [5, 5.41) is 0. The molecule has 0 amide bonds. The summed E-state index contributed by atoms with van der Waals surface area (Å²) in [4.78, 5) is 0. The zero-order valence-electron chi connectivity index (χ0n) is 11.8. The average molecular weight is 305 g/mol. The van der Waals surface area contributed by atoms with Crippen molar-refractivity contribution >= 4 is 19.7 Å². The Bertz CT molecular complexity index is 504.